The largest absolute Gasteiger partial charge is 0.480 e. The van der Waals surface area contributed by atoms with Crippen molar-refractivity contribution >= 4 is 38.4 Å². The highest BCUT2D eigenvalue weighted by Gasteiger charge is 2.28. The third-order valence-electron chi connectivity index (χ3n) is 3.30. The minimum absolute atomic E-state index is 0.00542. The number of aryl methyl sites for hydroxylation is 1. The van der Waals surface area contributed by atoms with Gasteiger partial charge >= 0.3 is 5.97 Å². The molecule has 0 atom stereocenters. The van der Waals surface area contributed by atoms with E-state index in [1.54, 1.807) is 6.92 Å². The van der Waals surface area contributed by atoms with Crippen molar-refractivity contribution < 1.29 is 27.5 Å². The van der Waals surface area contributed by atoms with Gasteiger partial charge < -0.3 is 15.3 Å². The standard InChI is InChI=1S/C14H16N2O6S/c1-3-9-14(23(20,21)16-6-11(18)19)12-10(22-9)5-4-8(7(2)17)13(12)15/h4-5,16H,3,6,15H2,1-2H3,(H,18,19). The molecule has 23 heavy (non-hydrogen) atoms. The Morgan fingerprint density at radius 2 is 2.00 bits per heavy atom. The van der Waals surface area contributed by atoms with E-state index in [4.69, 9.17) is 15.3 Å². The molecule has 0 spiro atoms. The molecule has 1 heterocycles. The fraction of sp³-hybridized carbons (Fsp3) is 0.286. The summed E-state index contributed by atoms with van der Waals surface area (Å²) in [6, 6.07) is 2.93. The van der Waals surface area contributed by atoms with Crippen LogP contribution in [0.4, 0.5) is 5.69 Å². The number of nitrogens with two attached hydrogens (primary N) is 1. The molecule has 4 N–H and O–H groups in total. The summed E-state index contributed by atoms with van der Waals surface area (Å²) in [4.78, 5) is 22.0. The zero-order valence-corrected chi connectivity index (χ0v) is 13.4. The number of hydrogen-bond acceptors (Lipinski definition) is 6. The smallest absolute Gasteiger partial charge is 0.318 e. The van der Waals surface area contributed by atoms with Gasteiger partial charge in [-0.3, -0.25) is 9.59 Å². The lowest BCUT2D eigenvalue weighted by molar-refractivity contribution is -0.135. The lowest BCUT2D eigenvalue weighted by Gasteiger charge is -2.07. The van der Waals surface area contributed by atoms with Gasteiger partial charge in [0.25, 0.3) is 0 Å². The lowest BCUT2D eigenvalue weighted by atomic mass is 10.1. The van der Waals surface area contributed by atoms with Crippen LogP contribution >= 0.6 is 0 Å². The van der Waals surface area contributed by atoms with Crippen LogP contribution in [0, 0.1) is 0 Å². The molecule has 0 amide bonds. The van der Waals surface area contributed by atoms with Crippen LogP contribution in [0.5, 0.6) is 0 Å². The van der Waals surface area contributed by atoms with Gasteiger partial charge in [-0.05, 0) is 19.1 Å². The highest BCUT2D eigenvalue weighted by molar-refractivity contribution is 7.89. The maximum absolute atomic E-state index is 12.4. The molecule has 124 valence electrons. The molecule has 0 aliphatic rings. The molecule has 0 radical (unpaired) electrons. The van der Waals surface area contributed by atoms with E-state index >= 15 is 0 Å². The molecule has 0 aliphatic heterocycles. The Morgan fingerprint density at radius 3 is 2.52 bits per heavy atom. The first-order chi connectivity index (χ1) is 10.7. The van der Waals surface area contributed by atoms with Crippen LogP contribution in [0.3, 0.4) is 0 Å². The second-order valence-corrected chi connectivity index (χ2v) is 6.59. The maximum atomic E-state index is 12.4. The Labute approximate surface area is 132 Å². The molecule has 0 saturated carbocycles. The number of carbonyl (C=O) groups excluding carboxylic acids is 1. The quantitative estimate of drug-likeness (QED) is 0.529. The maximum Gasteiger partial charge on any atom is 0.318 e. The molecular weight excluding hydrogens is 324 g/mol. The molecular formula is C14H16N2O6S. The number of hydrogen-bond donors (Lipinski definition) is 3. The number of nitrogens with one attached hydrogen (secondary N) is 1. The van der Waals surface area contributed by atoms with E-state index in [0.717, 1.165) is 0 Å². The van der Waals surface area contributed by atoms with E-state index in [9.17, 15) is 18.0 Å². The van der Waals surface area contributed by atoms with Gasteiger partial charge in [-0.15, -0.1) is 0 Å². The number of carbonyl (C=O) groups is 2. The predicted molar refractivity (Wildman–Crippen MR) is 82.8 cm³/mol. The molecule has 2 aromatic rings. The number of Topliss-reactive ketones (excluding diaryl/α,β-unsaturated/α-hetero) is 1. The van der Waals surface area contributed by atoms with Crippen molar-refractivity contribution in [3.8, 4) is 0 Å². The molecule has 0 bridgehead atoms. The average Bonchev–Trinajstić information content (AvgIpc) is 2.85. The first-order valence-corrected chi connectivity index (χ1v) is 8.23. The predicted octanol–water partition coefficient (Wildman–Crippen LogP) is 1.14. The highest BCUT2D eigenvalue weighted by Crippen LogP contribution is 2.36. The Balaban J connectivity index is 2.77. The fourth-order valence-electron chi connectivity index (χ4n) is 2.29. The van der Waals surface area contributed by atoms with Crippen LogP contribution in [0.15, 0.2) is 21.4 Å². The number of fused-ring (bicyclic) bond motifs is 1. The highest BCUT2D eigenvalue weighted by atomic mass is 32.2. The van der Waals surface area contributed by atoms with E-state index in [0.29, 0.717) is 0 Å². The van der Waals surface area contributed by atoms with Gasteiger partial charge in [0.05, 0.1) is 11.1 Å². The van der Waals surface area contributed by atoms with Crippen molar-refractivity contribution in [1.82, 2.24) is 4.72 Å². The van der Waals surface area contributed by atoms with Crippen molar-refractivity contribution in [2.75, 3.05) is 12.3 Å². The summed E-state index contributed by atoms with van der Waals surface area (Å²) in [6.45, 7) is 2.23. The van der Waals surface area contributed by atoms with Crippen molar-refractivity contribution in [2.45, 2.75) is 25.2 Å². The van der Waals surface area contributed by atoms with E-state index in [-0.39, 0.29) is 45.1 Å². The monoisotopic (exact) mass is 340 g/mol. The number of benzene rings is 1. The Bertz CT molecular complexity index is 898. The first kappa shape index (κ1) is 17.0. The SMILES string of the molecule is CCc1oc2ccc(C(C)=O)c(N)c2c1S(=O)(=O)NCC(=O)O. The van der Waals surface area contributed by atoms with Gasteiger partial charge in [0, 0.05) is 12.0 Å². The van der Waals surface area contributed by atoms with Crippen molar-refractivity contribution in [2.24, 2.45) is 0 Å². The van der Waals surface area contributed by atoms with Crippen LogP contribution in [0.25, 0.3) is 11.0 Å². The number of ketones is 1. The van der Waals surface area contributed by atoms with Crippen LogP contribution in [-0.2, 0) is 21.2 Å². The van der Waals surface area contributed by atoms with Gasteiger partial charge in [-0.1, -0.05) is 6.92 Å². The van der Waals surface area contributed by atoms with Gasteiger partial charge in [-0.2, -0.15) is 4.72 Å². The summed E-state index contributed by atoms with van der Waals surface area (Å²) in [5.74, 6) is -1.49. The Morgan fingerprint density at radius 1 is 1.35 bits per heavy atom. The molecule has 0 aliphatic carbocycles. The van der Waals surface area contributed by atoms with Gasteiger partial charge in [0.1, 0.15) is 22.8 Å². The lowest BCUT2D eigenvalue weighted by Crippen LogP contribution is -2.30. The van der Waals surface area contributed by atoms with Crippen molar-refractivity contribution in [1.29, 1.82) is 0 Å². The minimum Gasteiger partial charge on any atom is -0.480 e. The van der Waals surface area contributed by atoms with Gasteiger partial charge in [0.2, 0.25) is 10.0 Å². The second-order valence-electron chi connectivity index (χ2n) is 4.88. The van der Waals surface area contributed by atoms with Crippen LogP contribution < -0.4 is 10.5 Å². The minimum atomic E-state index is -4.16. The van der Waals surface area contributed by atoms with Crippen LogP contribution in [-0.4, -0.2) is 31.8 Å². The number of aliphatic carboxylic acids is 1. The van der Waals surface area contributed by atoms with Crippen LogP contribution in [0.1, 0.15) is 30.0 Å². The average molecular weight is 340 g/mol. The van der Waals surface area contributed by atoms with Crippen molar-refractivity contribution in [3.05, 3.63) is 23.5 Å². The summed E-state index contributed by atoms with van der Waals surface area (Å²) in [5, 5.41) is 8.76. The number of rotatable bonds is 6. The number of carboxylic acids is 1. The van der Waals surface area contributed by atoms with E-state index in [2.05, 4.69) is 0 Å². The number of nitrogen functional groups attached to an aromatic ring is 1. The van der Waals surface area contributed by atoms with Crippen LogP contribution in [0.2, 0.25) is 0 Å². The molecule has 8 nitrogen and oxygen atoms in total. The summed E-state index contributed by atoms with van der Waals surface area (Å²) >= 11 is 0. The zero-order chi connectivity index (χ0) is 17.4. The first-order valence-electron chi connectivity index (χ1n) is 6.75. The number of anilines is 1. The zero-order valence-electron chi connectivity index (χ0n) is 12.5. The van der Waals surface area contributed by atoms with E-state index in [1.807, 2.05) is 4.72 Å². The molecule has 2 rings (SSSR count). The fourth-order valence-corrected chi connectivity index (χ4v) is 3.71. The third-order valence-corrected chi connectivity index (χ3v) is 4.80. The normalized spacial score (nSPS) is 11.7. The summed E-state index contributed by atoms with van der Waals surface area (Å²) in [6.07, 6.45) is 0.257. The third kappa shape index (κ3) is 3.06. The molecule has 0 fully saturated rings. The molecule has 0 saturated heterocycles. The Hall–Kier alpha value is -2.39. The summed E-state index contributed by atoms with van der Waals surface area (Å²) < 4.78 is 32.4. The molecule has 9 heteroatoms. The number of furan rings is 1. The number of carboxylic acid groups (broad SMARTS) is 1. The van der Waals surface area contributed by atoms with Gasteiger partial charge in [0.15, 0.2) is 5.78 Å². The van der Waals surface area contributed by atoms with Gasteiger partial charge in [-0.25, -0.2) is 8.42 Å². The second kappa shape index (κ2) is 6.01. The summed E-state index contributed by atoms with van der Waals surface area (Å²) in [5.41, 5.74) is 6.35. The molecule has 0 unspecified atom stereocenters. The van der Waals surface area contributed by atoms with E-state index < -0.39 is 22.5 Å². The topological polar surface area (TPSA) is 140 Å². The van der Waals surface area contributed by atoms with E-state index in [1.165, 1.54) is 19.1 Å². The summed E-state index contributed by atoms with van der Waals surface area (Å²) in [7, 11) is -4.16. The Kier molecular flexibility index (Phi) is 4.44. The number of sulfonamides is 1. The molecule has 1 aromatic carbocycles. The molecule has 1 aromatic heterocycles. The van der Waals surface area contributed by atoms with Crippen molar-refractivity contribution in [3.63, 3.8) is 0 Å².